The van der Waals surface area contributed by atoms with Gasteiger partial charge in [-0.3, -0.25) is 9.59 Å². The Bertz CT molecular complexity index is 827. The fraction of sp³-hybridized carbons (Fsp3) is 0.333. The van der Waals surface area contributed by atoms with Crippen molar-refractivity contribution in [1.82, 2.24) is 4.90 Å². The number of anilines is 1. The SMILES string of the molecule is CCN(Cc1cccc(F)c1)C(=O)CCC(=O)N1CCSc2ccccc21. The maximum absolute atomic E-state index is 13.3. The van der Waals surface area contributed by atoms with Gasteiger partial charge in [0.05, 0.1) is 5.69 Å². The van der Waals surface area contributed by atoms with E-state index in [4.69, 9.17) is 0 Å². The van der Waals surface area contributed by atoms with E-state index >= 15 is 0 Å². The maximum atomic E-state index is 13.3. The standard InChI is InChI=1S/C21H23FN2O2S/c1-2-23(15-16-6-5-7-17(22)14-16)20(25)10-11-21(26)24-12-13-27-19-9-4-3-8-18(19)24/h3-9,14H,2,10-13,15H2,1H3. The van der Waals surface area contributed by atoms with Gasteiger partial charge < -0.3 is 9.80 Å². The average Bonchev–Trinajstić information content (AvgIpc) is 2.69. The van der Waals surface area contributed by atoms with Crippen LogP contribution in [0.4, 0.5) is 10.1 Å². The summed E-state index contributed by atoms with van der Waals surface area (Å²) < 4.78 is 13.3. The highest BCUT2D eigenvalue weighted by Gasteiger charge is 2.23. The van der Waals surface area contributed by atoms with E-state index < -0.39 is 0 Å². The second-order valence-electron chi connectivity index (χ2n) is 6.40. The molecule has 4 nitrogen and oxygen atoms in total. The van der Waals surface area contributed by atoms with Gasteiger partial charge in [-0.1, -0.05) is 24.3 Å². The molecule has 1 aliphatic rings. The lowest BCUT2D eigenvalue weighted by molar-refractivity contribution is -0.133. The van der Waals surface area contributed by atoms with Gasteiger partial charge in [0, 0.05) is 43.1 Å². The number of fused-ring (bicyclic) bond motifs is 1. The normalized spacial score (nSPS) is 13.2. The molecule has 0 unspecified atom stereocenters. The summed E-state index contributed by atoms with van der Waals surface area (Å²) in [7, 11) is 0. The molecule has 0 radical (unpaired) electrons. The topological polar surface area (TPSA) is 40.6 Å². The summed E-state index contributed by atoms with van der Waals surface area (Å²) in [6.45, 7) is 3.42. The number of hydrogen-bond acceptors (Lipinski definition) is 3. The van der Waals surface area contributed by atoms with Crippen LogP contribution < -0.4 is 4.90 Å². The first kappa shape index (κ1) is 19.4. The summed E-state index contributed by atoms with van der Waals surface area (Å²) in [5.41, 5.74) is 1.68. The molecule has 2 aromatic rings. The van der Waals surface area contributed by atoms with E-state index in [-0.39, 0.29) is 30.5 Å². The van der Waals surface area contributed by atoms with Crippen LogP contribution in [0.3, 0.4) is 0 Å². The molecular weight excluding hydrogens is 363 g/mol. The summed E-state index contributed by atoms with van der Waals surface area (Å²) in [5, 5.41) is 0. The molecule has 142 valence electrons. The summed E-state index contributed by atoms with van der Waals surface area (Å²) >= 11 is 1.75. The van der Waals surface area contributed by atoms with E-state index in [0.29, 0.717) is 19.6 Å². The fourth-order valence-corrected chi connectivity index (χ4v) is 4.16. The molecule has 0 spiro atoms. The van der Waals surface area contributed by atoms with Crippen LogP contribution >= 0.6 is 11.8 Å². The van der Waals surface area contributed by atoms with Crippen molar-refractivity contribution in [3.8, 4) is 0 Å². The summed E-state index contributed by atoms with van der Waals surface area (Å²) in [6.07, 6.45) is 0.339. The third-order valence-electron chi connectivity index (χ3n) is 4.58. The number of nitrogens with zero attached hydrogens (tertiary/aromatic N) is 2. The number of hydrogen-bond donors (Lipinski definition) is 0. The molecule has 6 heteroatoms. The van der Waals surface area contributed by atoms with E-state index in [2.05, 4.69) is 0 Å². The van der Waals surface area contributed by atoms with Crippen LogP contribution in [0.15, 0.2) is 53.4 Å². The van der Waals surface area contributed by atoms with Gasteiger partial charge in [0.1, 0.15) is 5.82 Å². The highest BCUT2D eigenvalue weighted by atomic mass is 32.2. The molecule has 0 aliphatic carbocycles. The molecule has 0 bridgehead atoms. The van der Waals surface area contributed by atoms with Gasteiger partial charge in [-0.2, -0.15) is 0 Å². The van der Waals surface area contributed by atoms with Gasteiger partial charge in [0.15, 0.2) is 0 Å². The first-order valence-electron chi connectivity index (χ1n) is 9.13. The molecule has 3 rings (SSSR count). The van der Waals surface area contributed by atoms with Crippen LogP contribution in [0.5, 0.6) is 0 Å². The number of thioether (sulfide) groups is 1. The molecule has 0 saturated carbocycles. The first-order valence-corrected chi connectivity index (χ1v) is 10.1. The zero-order chi connectivity index (χ0) is 19.2. The second-order valence-corrected chi connectivity index (χ2v) is 7.54. The average molecular weight is 386 g/mol. The lowest BCUT2D eigenvalue weighted by Crippen LogP contribution is -2.37. The van der Waals surface area contributed by atoms with Crippen molar-refractivity contribution in [1.29, 1.82) is 0 Å². The molecule has 0 fully saturated rings. The number of rotatable bonds is 6. The van der Waals surface area contributed by atoms with E-state index in [1.807, 2.05) is 31.2 Å². The first-order chi connectivity index (χ1) is 13.1. The van der Waals surface area contributed by atoms with Crippen LogP contribution in [0.25, 0.3) is 0 Å². The van der Waals surface area contributed by atoms with Crippen LogP contribution in [0.2, 0.25) is 0 Å². The van der Waals surface area contributed by atoms with Gasteiger partial charge in [0.2, 0.25) is 11.8 Å². The van der Waals surface area contributed by atoms with Gasteiger partial charge >= 0.3 is 0 Å². The summed E-state index contributed by atoms with van der Waals surface area (Å²) in [4.78, 5) is 29.8. The lowest BCUT2D eigenvalue weighted by Gasteiger charge is -2.29. The van der Waals surface area contributed by atoms with Crippen molar-refractivity contribution in [3.05, 3.63) is 59.9 Å². The summed E-state index contributed by atoms with van der Waals surface area (Å²) in [6, 6.07) is 14.1. The third kappa shape index (κ3) is 4.89. The largest absolute Gasteiger partial charge is 0.339 e. The molecule has 2 aromatic carbocycles. The number of carbonyl (C=O) groups excluding carboxylic acids is 2. The maximum Gasteiger partial charge on any atom is 0.227 e. The Kier molecular flexibility index (Phi) is 6.50. The zero-order valence-electron chi connectivity index (χ0n) is 15.4. The Morgan fingerprint density at radius 1 is 1.15 bits per heavy atom. The second kappa shape index (κ2) is 9.04. The Hall–Kier alpha value is -2.34. The Labute approximate surface area is 163 Å². The van der Waals surface area contributed by atoms with E-state index in [0.717, 1.165) is 21.9 Å². The number of benzene rings is 2. The predicted molar refractivity (Wildman–Crippen MR) is 106 cm³/mol. The molecule has 1 aliphatic heterocycles. The Morgan fingerprint density at radius 3 is 2.74 bits per heavy atom. The van der Waals surface area contributed by atoms with Crippen molar-refractivity contribution in [2.24, 2.45) is 0 Å². The Morgan fingerprint density at radius 2 is 1.96 bits per heavy atom. The highest BCUT2D eigenvalue weighted by molar-refractivity contribution is 7.99. The van der Waals surface area contributed by atoms with Gasteiger partial charge in [-0.25, -0.2) is 4.39 Å². The van der Waals surface area contributed by atoms with E-state index in [1.165, 1.54) is 12.1 Å². The highest BCUT2D eigenvalue weighted by Crippen LogP contribution is 2.34. The molecule has 0 atom stereocenters. The van der Waals surface area contributed by atoms with Crippen molar-refractivity contribution >= 4 is 29.3 Å². The summed E-state index contributed by atoms with van der Waals surface area (Å²) in [5.74, 6) is 0.428. The van der Waals surface area contributed by atoms with Crippen LogP contribution in [-0.2, 0) is 16.1 Å². The minimum atomic E-state index is -0.312. The van der Waals surface area contributed by atoms with Gasteiger partial charge in [0.25, 0.3) is 0 Å². The fourth-order valence-electron chi connectivity index (χ4n) is 3.17. The minimum Gasteiger partial charge on any atom is -0.339 e. The molecule has 0 aromatic heterocycles. The number of para-hydroxylation sites is 1. The van der Waals surface area contributed by atoms with E-state index in [1.54, 1.807) is 33.7 Å². The number of halogens is 1. The zero-order valence-corrected chi connectivity index (χ0v) is 16.2. The predicted octanol–water partition coefficient (Wildman–Crippen LogP) is 4.09. The van der Waals surface area contributed by atoms with Crippen LogP contribution in [0.1, 0.15) is 25.3 Å². The smallest absolute Gasteiger partial charge is 0.227 e. The molecule has 2 amide bonds. The molecule has 0 N–H and O–H groups in total. The molecular formula is C21H23FN2O2S. The molecule has 0 saturated heterocycles. The van der Waals surface area contributed by atoms with Crippen LogP contribution in [0, 0.1) is 5.82 Å². The lowest BCUT2D eigenvalue weighted by atomic mass is 10.1. The van der Waals surface area contributed by atoms with Gasteiger partial charge in [-0.05, 0) is 36.8 Å². The Balaban J connectivity index is 1.58. The monoisotopic (exact) mass is 386 g/mol. The minimum absolute atomic E-state index is 0.0297. The van der Waals surface area contributed by atoms with Gasteiger partial charge in [-0.15, -0.1) is 11.8 Å². The van der Waals surface area contributed by atoms with Crippen LogP contribution in [-0.4, -0.2) is 35.6 Å². The van der Waals surface area contributed by atoms with E-state index in [9.17, 15) is 14.0 Å². The molecule has 27 heavy (non-hydrogen) atoms. The van der Waals surface area contributed by atoms with Crippen molar-refractivity contribution in [3.63, 3.8) is 0 Å². The third-order valence-corrected chi connectivity index (χ3v) is 5.62. The molecule has 1 heterocycles. The quantitative estimate of drug-likeness (QED) is 0.751. The number of amides is 2. The van der Waals surface area contributed by atoms with Crippen molar-refractivity contribution < 1.29 is 14.0 Å². The van der Waals surface area contributed by atoms with Crippen molar-refractivity contribution in [2.45, 2.75) is 31.2 Å². The van der Waals surface area contributed by atoms with Crippen molar-refractivity contribution in [2.75, 3.05) is 23.7 Å². The number of carbonyl (C=O) groups is 2.